The Kier molecular flexibility index (Phi) is 2.86. The van der Waals surface area contributed by atoms with Crippen molar-refractivity contribution < 1.29 is 0 Å². The fourth-order valence-electron chi connectivity index (χ4n) is 1.97. The molecule has 0 amide bonds. The molecule has 2 rings (SSSR count). The van der Waals surface area contributed by atoms with Crippen LogP contribution in [0, 0.1) is 20.8 Å². The summed E-state index contributed by atoms with van der Waals surface area (Å²) in [5.41, 5.74) is 4.51. The average molecular weight is 210 g/mol. The second kappa shape index (κ2) is 4.16. The molecule has 2 aromatic heterocycles. The van der Waals surface area contributed by atoms with E-state index in [4.69, 9.17) is 7.85 Å². The van der Waals surface area contributed by atoms with Crippen molar-refractivity contribution in [1.82, 2.24) is 9.55 Å². The van der Waals surface area contributed by atoms with Gasteiger partial charge in [0.15, 0.2) is 0 Å². The Morgan fingerprint density at radius 2 is 1.75 bits per heavy atom. The molecule has 0 aliphatic rings. The highest BCUT2D eigenvalue weighted by Gasteiger charge is 2.06. The minimum Gasteiger partial charge on any atom is -0.303 e. The first-order valence-corrected chi connectivity index (χ1v) is 5.45. The number of aromatic nitrogens is 2. The summed E-state index contributed by atoms with van der Waals surface area (Å²) in [4.78, 5) is 4.55. The van der Waals surface area contributed by atoms with E-state index in [1.54, 1.807) is 0 Å². The normalized spacial score (nSPS) is 10.7. The lowest BCUT2D eigenvalue weighted by Crippen LogP contribution is -2.04. The van der Waals surface area contributed by atoms with Crippen LogP contribution in [0.5, 0.6) is 0 Å². The molecule has 0 atom stereocenters. The van der Waals surface area contributed by atoms with Crippen LogP contribution in [0.1, 0.15) is 22.6 Å². The Hall–Kier alpha value is -1.51. The summed E-state index contributed by atoms with van der Waals surface area (Å²) in [5.74, 6) is 0.959. The molecule has 0 saturated carbocycles. The van der Waals surface area contributed by atoms with Crippen LogP contribution in [0.25, 0.3) is 5.82 Å². The molecular weight excluding hydrogens is 195 g/mol. The first kappa shape index (κ1) is 11.0. The van der Waals surface area contributed by atoms with Crippen molar-refractivity contribution in [1.29, 1.82) is 0 Å². The first-order valence-electron chi connectivity index (χ1n) is 5.45. The van der Waals surface area contributed by atoms with Crippen molar-refractivity contribution in [3.05, 3.63) is 46.9 Å². The average Bonchev–Trinajstić information content (AvgIpc) is 2.57. The molecule has 0 spiro atoms. The van der Waals surface area contributed by atoms with Gasteiger partial charge in [-0.05, 0) is 56.9 Å². The van der Waals surface area contributed by atoms with Gasteiger partial charge in [-0.25, -0.2) is 4.98 Å². The van der Waals surface area contributed by atoms with E-state index in [0.29, 0.717) is 6.32 Å². The second-order valence-electron chi connectivity index (χ2n) is 4.15. The van der Waals surface area contributed by atoms with Crippen molar-refractivity contribution in [2.24, 2.45) is 0 Å². The highest BCUT2D eigenvalue weighted by atomic mass is 15.1. The summed E-state index contributed by atoms with van der Waals surface area (Å²) in [6.07, 6.45) is 0.480. The predicted molar refractivity (Wildman–Crippen MR) is 67.2 cm³/mol. The summed E-state index contributed by atoms with van der Waals surface area (Å²) < 4.78 is 2.14. The molecule has 2 aromatic rings. The van der Waals surface area contributed by atoms with Crippen molar-refractivity contribution in [3.8, 4) is 5.82 Å². The number of aryl methyl sites for hydroxylation is 3. The number of hydrogen-bond donors (Lipinski definition) is 0. The number of rotatable bonds is 2. The van der Waals surface area contributed by atoms with Gasteiger partial charge in [-0.3, -0.25) is 0 Å². The molecule has 2 radical (unpaired) electrons. The topological polar surface area (TPSA) is 17.8 Å². The Labute approximate surface area is 97.7 Å². The Balaban J connectivity index is 2.60. The molecule has 0 saturated heterocycles. The Bertz CT molecular complexity index is 495. The standard InChI is InChI=1S/C13H15BN2/c1-9-6-12(8-14)15-13(7-9)16-10(2)4-5-11(16)3/h4-7H,8H2,1-3H3. The van der Waals surface area contributed by atoms with E-state index >= 15 is 0 Å². The smallest absolute Gasteiger partial charge is 0.137 e. The molecule has 80 valence electrons. The fraction of sp³-hybridized carbons (Fsp3) is 0.308. The molecule has 0 N–H and O–H groups in total. The Morgan fingerprint density at radius 3 is 2.31 bits per heavy atom. The van der Waals surface area contributed by atoms with Gasteiger partial charge in [0.2, 0.25) is 0 Å². The van der Waals surface area contributed by atoms with Crippen molar-refractivity contribution in [2.75, 3.05) is 0 Å². The lowest BCUT2D eigenvalue weighted by atomic mass is 10.0. The van der Waals surface area contributed by atoms with Crippen LogP contribution in [0.2, 0.25) is 0 Å². The minimum atomic E-state index is 0.480. The van der Waals surface area contributed by atoms with Crippen LogP contribution in [-0.4, -0.2) is 17.4 Å². The summed E-state index contributed by atoms with van der Waals surface area (Å²) in [6.45, 7) is 6.23. The highest BCUT2D eigenvalue weighted by molar-refractivity contribution is 6.08. The molecule has 0 aromatic carbocycles. The molecule has 2 heterocycles. The number of hydrogen-bond acceptors (Lipinski definition) is 1. The molecule has 16 heavy (non-hydrogen) atoms. The van der Waals surface area contributed by atoms with Crippen molar-refractivity contribution >= 4 is 7.85 Å². The largest absolute Gasteiger partial charge is 0.303 e. The molecule has 2 nitrogen and oxygen atoms in total. The zero-order valence-corrected chi connectivity index (χ0v) is 9.99. The van der Waals surface area contributed by atoms with Crippen molar-refractivity contribution in [3.63, 3.8) is 0 Å². The van der Waals surface area contributed by atoms with Gasteiger partial charge in [-0.1, -0.05) is 0 Å². The lowest BCUT2D eigenvalue weighted by molar-refractivity contribution is 0.906. The predicted octanol–water partition coefficient (Wildman–Crippen LogP) is 2.47. The van der Waals surface area contributed by atoms with Crippen LogP contribution in [-0.2, 0) is 6.32 Å². The number of nitrogens with zero attached hydrogens (tertiary/aromatic N) is 2. The van der Waals surface area contributed by atoms with Gasteiger partial charge < -0.3 is 4.57 Å². The van der Waals surface area contributed by atoms with E-state index in [1.807, 2.05) is 6.07 Å². The van der Waals surface area contributed by atoms with Gasteiger partial charge in [-0.2, -0.15) is 0 Å². The molecule has 0 fully saturated rings. The quantitative estimate of drug-likeness (QED) is 0.696. The maximum atomic E-state index is 5.65. The monoisotopic (exact) mass is 210 g/mol. The zero-order valence-electron chi connectivity index (χ0n) is 9.99. The SMILES string of the molecule is [B]Cc1cc(C)cc(-n2c(C)ccc2C)n1. The summed E-state index contributed by atoms with van der Waals surface area (Å²) in [6, 6.07) is 8.31. The maximum absolute atomic E-state index is 5.65. The third kappa shape index (κ3) is 1.90. The van der Waals surface area contributed by atoms with Crippen LogP contribution in [0.15, 0.2) is 24.3 Å². The van der Waals surface area contributed by atoms with E-state index < -0.39 is 0 Å². The Morgan fingerprint density at radius 1 is 1.12 bits per heavy atom. The second-order valence-corrected chi connectivity index (χ2v) is 4.15. The first-order chi connectivity index (χ1) is 7.61. The van der Waals surface area contributed by atoms with Gasteiger partial charge in [0.1, 0.15) is 5.82 Å². The molecule has 0 bridgehead atoms. The molecule has 0 aliphatic carbocycles. The fourth-order valence-corrected chi connectivity index (χ4v) is 1.97. The van der Waals surface area contributed by atoms with Crippen LogP contribution < -0.4 is 0 Å². The van der Waals surface area contributed by atoms with E-state index in [0.717, 1.165) is 11.5 Å². The molecule has 0 unspecified atom stereocenters. The molecule has 0 aliphatic heterocycles. The van der Waals surface area contributed by atoms with Crippen LogP contribution in [0.4, 0.5) is 0 Å². The van der Waals surface area contributed by atoms with Crippen molar-refractivity contribution in [2.45, 2.75) is 27.1 Å². The van der Waals surface area contributed by atoms with Gasteiger partial charge in [0.25, 0.3) is 0 Å². The van der Waals surface area contributed by atoms with Gasteiger partial charge in [0.05, 0.1) is 7.85 Å². The van der Waals surface area contributed by atoms with Gasteiger partial charge >= 0.3 is 0 Å². The maximum Gasteiger partial charge on any atom is 0.137 e. The zero-order chi connectivity index (χ0) is 11.7. The third-order valence-electron chi connectivity index (χ3n) is 2.72. The third-order valence-corrected chi connectivity index (χ3v) is 2.72. The molecule has 3 heteroatoms. The minimum absolute atomic E-state index is 0.480. The van der Waals surface area contributed by atoms with E-state index in [9.17, 15) is 0 Å². The lowest BCUT2D eigenvalue weighted by Gasteiger charge is -2.10. The molecular formula is C13H15BN2. The highest BCUT2D eigenvalue weighted by Crippen LogP contribution is 2.16. The number of pyridine rings is 1. The summed E-state index contributed by atoms with van der Waals surface area (Å²) in [5, 5.41) is 0. The van der Waals surface area contributed by atoms with Gasteiger partial charge in [-0.15, -0.1) is 0 Å². The van der Waals surface area contributed by atoms with E-state index in [2.05, 4.69) is 48.5 Å². The van der Waals surface area contributed by atoms with E-state index in [1.165, 1.54) is 17.0 Å². The summed E-state index contributed by atoms with van der Waals surface area (Å²) in [7, 11) is 5.65. The van der Waals surface area contributed by atoms with Crippen LogP contribution >= 0.6 is 0 Å². The van der Waals surface area contributed by atoms with Gasteiger partial charge in [0, 0.05) is 17.1 Å². The van der Waals surface area contributed by atoms with Crippen LogP contribution in [0.3, 0.4) is 0 Å². The summed E-state index contributed by atoms with van der Waals surface area (Å²) >= 11 is 0. The van der Waals surface area contributed by atoms with E-state index in [-0.39, 0.29) is 0 Å².